The Bertz CT molecular complexity index is 224. The van der Waals surface area contributed by atoms with Gasteiger partial charge in [0.05, 0.1) is 6.10 Å². The van der Waals surface area contributed by atoms with Crippen LogP contribution in [0.15, 0.2) is 0 Å². The van der Waals surface area contributed by atoms with E-state index >= 15 is 0 Å². The van der Waals surface area contributed by atoms with Crippen molar-refractivity contribution in [2.75, 3.05) is 32.8 Å². The Morgan fingerprint density at radius 3 is 2.71 bits per heavy atom. The first-order valence-electron chi connectivity index (χ1n) is 7.32. The molecule has 1 atom stereocenters. The van der Waals surface area contributed by atoms with Crippen LogP contribution in [0, 0.1) is 5.41 Å². The molecular formula is C14H28N2O. The standard InChI is InChI=1S/C14H28N2O/c1-2-17-13-6-5-9-16(10-13)12-14(11-15)7-3-4-8-14/h13H,2-12,15H2,1H3. The Kier molecular flexibility index (Phi) is 4.83. The van der Waals surface area contributed by atoms with Gasteiger partial charge in [-0.15, -0.1) is 0 Å². The summed E-state index contributed by atoms with van der Waals surface area (Å²) in [4.78, 5) is 2.60. The number of nitrogens with zero attached hydrogens (tertiary/aromatic N) is 1. The van der Waals surface area contributed by atoms with Gasteiger partial charge < -0.3 is 15.4 Å². The summed E-state index contributed by atoms with van der Waals surface area (Å²) in [6, 6.07) is 0. The second-order valence-electron chi connectivity index (χ2n) is 5.87. The fraction of sp³-hybridized carbons (Fsp3) is 1.00. The van der Waals surface area contributed by atoms with Crippen molar-refractivity contribution in [2.24, 2.45) is 11.1 Å². The number of hydrogen-bond donors (Lipinski definition) is 1. The molecule has 0 bridgehead atoms. The number of nitrogens with two attached hydrogens (primary N) is 1. The van der Waals surface area contributed by atoms with Crippen LogP contribution in [0.25, 0.3) is 0 Å². The zero-order chi connectivity index (χ0) is 12.1. The molecule has 0 aromatic heterocycles. The Hall–Kier alpha value is -0.120. The van der Waals surface area contributed by atoms with Crippen LogP contribution in [0.5, 0.6) is 0 Å². The highest BCUT2D eigenvalue weighted by Gasteiger charge is 2.35. The molecule has 1 heterocycles. The Morgan fingerprint density at radius 2 is 2.06 bits per heavy atom. The average Bonchev–Trinajstić information content (AvgIpc) is 2.79. The maximum Gasteiger partial charge on any atom is 0.0702 e. The SMILES string of the molecule is CCOC1CCCN(CC2(CN)CCCC2)C1. The van der Waals surface area contributed by atoms with Gasteiger partial charge in [0.2, 0.25) is 0 Å². The summed E-state index contributed by atoms with van der Waals surface area (Å²) in [6.07, 6.45) is 8.40. The first-order valence-corrected chi connectivity index (χ1v) is 7.32. The highest BCUT2D eigenvalue weighted by atomic mass is 16.5. The van der Waals surface area contributed by atoms with E-state index < -0.39 is 0 Å². The van der Waals surface area contributed by atoms with Gasteiger partial charge in [-0.2, -0.15) is 0 Å². The first-order chi connectivity index (χ1) is 8.28. The minimum atomic E-state index is 0.425. The van der Waals surface area contributed by atoms with E-state index in [-0.39, 0.29) is 0 Å². The van der Waals surface area contributed by atoms with Crippen LogP contribution in [0.2, 0.25) is 0 Å². The molecule has 17 heavy (non-hydrogen) atoms. The monoisotopic (exact) mass is 240 g/mol. The van der Waals surface area contributed by atoms with Crippen LogP contribution in [-0.4, -0.2) is 43.8 Å². The molecule has 1 saturated carbocycles. The van der Waals surface area contributed by atoms with Crippen molar-refractivity contribution < 1.29 is 4.74 Å². The number of likely N-dealkylation sites (tertiary alicyclic amines) is 1. The van der Waals surface area contributed by atoms with Crippen molar-refractivity contribution in [1.29, 1.82) is 0 Å². The molecule has 1 aliphatic carbocycles. The van der Waals surface area contributed by atoms with Crippen molar-refractivity contribution in [3.63, 3.8) is 0 Å². The molecule has 3 nitrogen and oxygen atoms in total. The van der Waals surface area contributed by atoms with Crippen LogP contribution < -0.4 is 5.73 Å². The number of hydrogen-bond acceptors (Lipinski definition) is 3. The van der Waals surface area contributed by atoms with Crippen LogP contribution >= 0.6 is 0 Å². The molecule has 1 saturated heterocycles. The van der Waals surface area contributed by atoms with Crippen molar-refractivity contribution in [1.82, 2.24) is 4.90 Å². The van der Waals surface area contributed by atoms with Gasteiger partial charge in [0.25, 0.3) is 0 Å². The third-order valence-corrected chi connectivity index (χ3v) is 4.52. The topological polar surface area (TPSA) is 38.5 Å². The number of ether oxygens (including phenoxy) is 1. The maximum atomic E-state index is 6.02. The summed E-state index contributed by atoms with van der Waals surface area (Å²) < 4.78 is 5.77. The zero-order valence-corrected chi connectivity index (χ0v) is 11.3. The highest BCUT2D eigenvalue weighted by Crippen LogP contribution is 2.38. The third kappa shape index (κ3) is 3.43. The largest absolute Gasteiger partial charge is 0.377 e. The molecular weight excluding hydrogens is 212 g/mol. The second-order valence-corrected chi connectivity index (χ2v) is 5.87. The molecule has 1 aliphatic heterocycles. The lowest BCUT2D eigenvalue weighted by Gasteiger charge is -2.39. The van der Waals surface area contributed by atoms with Crippen LogP contribution in [0.4, 0.5) is 0 Å². The van der Waals surface area contributed by atoms with E-state index in [2.05, 4.69) is 11.8 Å². The zero-order valence-electron chi connectivity index (χ0n) is 11.3. The van der Waals surface area contributed by atoms with Crippen LogP contribution in [-0.2, 0) is 4.74 Å². The molecule has 2 fully saturated rings. The lowest BCUT2D eigenvalue weighted by atomic mass is 9.85. The van der Waals surface area contributed by atoms with E-state index in [1.165, 1.54) is 51.6 Å². The Morgan fingerprint density at radius 1 is 1.29 bits per heavy atom. The second kappa shape index (κ2) is 6.17. The minimum Gasteiger partial charge on any atom is -0.377 e. The summed E-state index contributed by atoms with van der Waals surface area (Å²) in [5.41, 5.74) is 6.45. The summed E-state index contributed by atoms with van der Waals surface area (Å²) >= 11 is 0. The van der Waals surface area contributed by atoms with Gasteiger partial charge in [0, 0.05) is 19.7 Å². The highest BCUT2D eigenvalue weighted by molar-refractivity contribution is 4.89. The van der Waals surface area contributed by atoms with Gasteiger partial charge in [-0.3, -0.25) is 0 Å². The number of piperidine rings is 1. The summed E-state index contributed by atoms with van der Waals surface area (Å²) in [7, 11) is 0. The molecule has 0 amide bonds. The van der Waals surface area contributed by atoms with E-state index in [1.54, 1.807) is 0 Å². The lowest BCUT2D eigenvalue weighted by molar-refractivity contribution is -0.00560. The summed E-state index contributed by atoms with van der Waals surface area (Å²) in [5, 5.41) is 0. The average molecular weight is 240 g/mol. The molecule has 0 aromatic rings. The summed E-state index contributed by atoms with van der Waals surface area (Å²) in [6.45, 7) is 7.37. The number of rotatable bonds is 5. The molecule has 0 aromatic carbocycles. The third-order valence-electron chi connectivity index (χ3n) is 4.52. The lowest BCUT2D eigenvalue weighted by Crippen LogP contribution is -2.47. The van der Waals surface area contributed by atoms with Crippen LogP contribution in [0.1, 0.15) is 45.4 Å². The van der Waals surface area contributed by atoms with Gasteiger partial charge in [0.1, 0.15) is 0 Å². The van der Waals surface area contributed by atoms with Gasteiger partial charge in [-0.25, -0.2) is 0 Å². The quantitative estimate of drug-likeness (QED) is 0.799. The molecule has 100 valence electrons. The first kappa shape index (κ1) is 13.3. The molecule has 0 spiro atoms. The van der Waals surface area contributed by atoms with Gasteiger partial charge in [-0.05, 0) is 51.1 Å². The molecule has 0 radical (unpaired) electrons. The predicted octanol–water partition coefficient (Wildman–Crippen LogP) is 2.01. The van der Waals surface area contributed by atoms with E-state index in [0.29, 0.717) is 11.5 Å². The predicted molar refractivity (Wildman–Crippen MR) is 71.0 cm³/mol. The van der Waals surface area contributed by atoms with Gasteiger partial charge >= 0.3 is 0 Å². The van der Waals surface area contributed by atoms with E-state index in [0.717, 1.165) is 19.7 Å². The fourth-order valence-electron chi connectivity index (χ4n) is 3.55. The minimum absolute atomic E-state index is 0.425. The van der Waals surface area contributed by atoms with Crippen molar-refractivity contribution in [2.45, 2.75) is 51.6 Å². The molecule has 2 N–H and O–H groups in total. The molecule has 2 rings (SSSR count). The molecule has 1 unspecified atom stereocenters. The van der Waals surface area contributed by atoms with Crippen molar-refractivity contribution in [3.8, 4) is 0 Å². The fourth-order valence-corrected chi connectivity index (χ4v) is 3.55. The van der Waals surface area contributed by atoms with E-state index in [4.69, 9.17) is 10.5 Å². The van der Waals surface area contributed by atoms with E-state index in [9.17, 15) is 0 Å². The van der Waals surface area contributed by atoms with Crippen molar-refractivity contribution in [3.05, 3.63) is 0 Å². The normalized spacial score (nSPS) is 29.6. The summed E-state index contributed by atoms with van der Waals surface area (Å²) in [5.74, 6) is 0. The maximum absolute atomic E-state index is 6.02. The van der Waals surface area contributed by atoms with Gasteiger partial charge in [-0.1, -0.05) is 12.8 Å². The van der Waals surface area contributed by atoms with Crippen molar-refractivity contribution >= 4 is 0 Å². The van der Waals surface area contributed by atoms with Crippen LogP contribution in [0.3, 0.4) is 0 Å². The van der Waals surface area contributed by atoms with Gasteiger partial charge in [0.15, 0.2) is 0 Å². The molecule has 3 heteroatoms. The Labute approximate surface area is 106 Å². The van der Waals surface area contributed by atoms with E-state index in [1.807, 2.05) is 0 Å². The molecule has 2 aliphatic rings. The Balaban J connectivity index is 1.85. The smallest absolute Gasteiger partial charge is 0.0702 e.